The first-order valence-corrected chi connectivity index (χ1v) is 5.25. The lowest BCUT2D eigenvalue weighted by Gasteiger charge is -2.25. The van der Waals surface area contributed by atoms with Gasteiger partial charge in [0.1, 0.15) is 6.33 Å². The molecule has 4 nitrogen and oxygen atoms in total. The van der Waals surface area contributed by atoms with Crippen molar-refractivity contribution in [2.24, 2.45) is 5.41 Å². The lowest BCUT2D eigenvalue weighted by molar-refractivity contribution is 0.135. The second kappa shape index (κ2) is 5.78. The summed E-state index contributed by atoms with van der Waals surface area (Å²) in [6, 6.07) is 0. The van der Waals surface area contributed by atoms with Gasteiger partial charge in [-0.3, -0.25) is 0 Å². The maximum absolute atomic E-state index is 9.22. The van der Waals surface area contributed by atoms with Gasteiger partial charge in [-0.15, -0.1) is 0 Å². The number of aliphatic hydroxyl groups excluding tert-OH is 1. The average Bonchev–Trinajstić information content (AvgIpc) is 2.30. The van der Waals surface area contributed by atoms with Gasteiger partial charge in [-0.1, -0.05) is 13.8 Å². The van der Waals surface area contributed by atoms with Crippen LogP contribution in [0.25, 0.3) is 0 Å². The fourth-order valence-electron chi connectivity index (χ4n) is 1.22. The molecule has 2 N–H and O–H groups in total. The van der Waals surface area contributed by atoms with Crippen LogP contribution in [0.2, 0.25) is 0 Å². The zero-order chi connectivity index (χ0) is 11.1. The van der Waals surface area contributed by atoms with Crippen molar-refractivity contribution in [3.63, 3.8) is 0 Å². The largest absolute Gasteiger partial charge is 0.396 e. The van der Waals surface area contributed by atoms with Crippen LogP contribution in [0.5, 0.6) is 0 Å². The maximum atomic E-state index is 9.22. The smallest absolute Gasteiger partial charge is 0.115 e. The van der Waals surface area contributed by atoms with E-state index in [9.17, 15) is 5.11 Å². The van der Waals surface area contributed by atoms with Crippen LogP contribution in [0.3, 0.4) is 0 Å². The van der Waals surface area contributed by atoms with Gasteiger partial charge in [-0.05, 0) is 6.42 Å². The molecule has 0 spiro atoms. The van der Waals surface area contributed by atoms with Gasteiger partial charge in [0.05, 0.1) is 0 Å². The highest BCUT2D eigenvalue weighted by Crippen LogP contribution is 2.18. The molecule has 1 atom stereocenters. The Hall–Kier alpha value is -1.00. The van der Waals surface area contributed by atoms with Crippen molar-refractivity contribution >= 4 is 0 Å². The van der Waals surface area contributed by atoms with Gasteiger partial charge in [0.15, 0.2) is 0 Å². The van der Waals surface area contributed by atoms with Crippen LogP contribution in [0.4, 0.5) is 0 Å². The Bertz CT molecular complexity index is 272. The van der Waals surface area contributed by atoms with Gasteiger partial charge in [0, 0.05) is 43.1 Å². The van der Waals surface area contributed by atoms with Crippen molar-refractivity contribution in [3.8, 4) is 0 Å². The third kappa shape index (κ3) is 3.93. The number of hydrogen-bond donors (Lipinski definition) is 2. The minimum atomic E-state index is -0.0321. The molecule has 0 amide bonds. The first kappa shape index (κ1) is 12.1. The summed E-state index contributed by atoms with van der Waals surface area (Å²) in [6.45, 7) is 5.91. The predicted molar refractivity (Wildman–Crippen MR) is 59.2 cm³/mol. The Balaban J connectivity index is 2.33. The number of aromatic nitrogens is 2. The molecule has 1 rings (SSSR count). The van der Waals surface area contributed by atoms with E-state index in [1.807, 2.05) is 0 Å². The lowest BCUT2D eigenvalue weighted by atomic mass is 9.88. The van der Waals surface area contributed by atoms with E-state index in [1.54, 1.807) is 12.4 Å². The van der Waals surface area contributed by atoms with Crippen molar-refractivity contribution in [1.29, 1.82) is 0 Å². The highest BCUT2D eigenvalue weighted by molar-refractivity contribution is 5.01. The minimum Gasteiger partial charge on any atom is -0.396 e. The molecule has 0 radical (unpaired) electrons. The van der Waals surface area contributed by atoms with Gasteiger partial charge in [-0.25, -0.2) is 9.97 Å². The van der Waals surface area contributed by atoms with E-state index in [2.05, 4.69) is 29.1 Å². The number of rotatable bonds is 6. The van der Waals surface area contributed by atoms with Gasteiger partial charge in [-0.2, -0.15) is 0 Å². The number of nitrogens with one attached hydrogen (secondary N) is 1. The van der Waals surface area contributed by atoms with E-state index in [4.69, 9.17) is 0 Å². The molecule has 1 unspecified atom stereocenters. The van der Waals surface area contributed by atoms with Gasteiger partial charge in [0.25, 0.3) is 0 Å². The van der Waals surface area contributed by atoms with Crippen molar-refractivity contribution in [3.05, 3.63) is 24.3 Å². The highest BCUT2D eigenvalue weighted by atomic mass is 16.3. The Labute approximate surface area is 90.8 Å². The summed E-state index contributed by atoms with van der Waals surface area (Å²) in [5.74, 6) is 0. The van der Waals surface area contributed by atoms with Crippen LogP contribution in [-0.2, 0) is 6.54 Å². The highest BCUT2D eigenvalue weighted by Gasteiger charge is 2.19. The van der Waals surface area contributed by atoms with Crippen molar-refractivity contribution in [2.75, 3.05) is 13.2 Å². The standard InChI is InChI=1S/C11H19N3O/c1-3-11(2,8-15)7-12-4-10-5-13-9-14-6-10/h5-6,9,12,15H,3-4,7-8H2,1-2H3. The Morgan fingerprint density at radius 3 is 2.60 bits per heavy atom. The third-order valence-corrected chi connectivity index (χ3v) is 2.73. The van der Waals surface area contributed by atoms with Crippen LogP contribution in [-0.4, -0.2) is 28.2 Å². The van der Waals surface area contributed by atoms with Crippen LogP contribution in [0.15, 0.2) is 18.7 Å². The average molecular weight is 209 g/mol. The van der Waals surface area contributed by atoms with Crippen LogP contribution in [0, 0.1) is 5.41 Å². The monoisotopic (exact) mass is 209 g/mol. The molecule has 1 aromatic rings. The summed E-state index contributed by atoms with van der Waals surface area (Å²) < 4.78 is 0. The van der Waals surface area contributed by atoms with E-state index < -0.39 is 0 Å². The van der Waals surface area contributed by atoms with Crippen LogP contribution >= 0.6 is 0 Å². The fourth-order valence-corrected chi connectivity index (χ4v) is 1.22. The third-order valence-electron chi connectivity index (χ3n) is 2.73. The molecule has 15 heavy (non-hydrogen) atoms. The second-order valence-corrected chi connectivity index (χ2v) is 4.17. The molecular weight excluding hydrogens is 190 g/mol. The molecule has 4 heteroatoms. The summed E-state index contributed by atoms with van der Waals surface area (Å²) in [5.41, 5.74) is 1.03. The topological polar surface area (TPSA) is 58.0 Å². The molecule has 0 bridgehead atoms. The number of hydrogen-bond acceptors (Lipinski definition) is 4. The molecule has 0 saturated carbocycles. The second-order valence-electron chi connectivity index (χ2n) is 4.17. The van der Waals surface area contributed by atoms with Crippen molar-refractivity contribution in [2.45, 2.75) is 26.8 Å². The molecule has 0 aliphatic carbocycles. The Morgan fingerprint density at radius 1 is 1.40 bits per heavy atom. The van der Waals surface area contributed by atoms with Crippen LogP contribution < -0.4 is 5.32 Å². The van der Waals surface area contributed by atoms with E-state index in [1.165, 1.54) is 6.33 Å². The molecule has 1 heterocycles. The molecule has 0 aliphatic heterocycles. The molecule has 0 aliphatic rings. The minimum absolute atomic E-state index is 0.0321. The summed E-state index contributed by atoms with van der Waals surface area (Å²) in [7, 11) is 0. The molecule has 84 valence electrons. The zero-order valence-corrected chi connectivity index (χ0v) is 9.40. The van der Waals surface area contributed by atoms with E-state index in [-0.39, 0.29) is 12.0 Å². The first-order valence-electron chi connectivity index (χ1n) is 5.25. The first-order chi connectivity index (χ1) is 7.20. The number of aliphatic hydroxyl groups is 1. The van der Waals surface area contributed by atoms with Gasteiger partial charge >= 0.3 is 0 Å². The summed E-state index contributed by atoms with van der Waals surface area (Å²) in [6.07, 6.45) is 6.07. The van der Waals surface area contributed by atoms with Crippen LogP contribution in [0.1, 0.15) is 25.8 Å². The van der Waals surface area contributed by atoms with Crippen molar-refractivity contribution < 1.29 is 5.11 Å². The number of nitrogens with zero attached hydrogens (tertiary/aromatic N) is 2. The zero-order valence-electron chi connectivity index (χ0n) is 9.40. The molecular formula is C11H19N3O. The summed E-state index contributed by atoms with van der Waals surface area (Å²) >= 11 is 0. The Morgan fingerprint density at radius 2 is 2.07 bits per heavy atom. The Kier molecular flexibility index (Phi) is 4.65. The quantitative estimate of drug-likeness (QED) is 0.733. The summed E-state index contributed by atoms with van der Waals surface area (Å²) in [5, 5.41) is 12.5. The van der Waals surface area contributed by atoms with E-state index in [0.717, 1.165) is 25.1 Å². The lowest BCUT2D eigenvalue weighted by Crippen LogP contribution is -2.34. The fraction of sp³-hybridized carbons (Fsp3) is 0.636. The SMILES string of the molecule is CCC(C)(CO)CNCc1cncnc1. The van der Waals surface area contributed by atoms with E-state index >= 15 is 0 Å². The van der Waals surface area contributed by atoms with Gasteiger partial charge in [0.2, 0.25) is 0 Å². The molecule has 1 aromatic heterocycles. The predicted octanol–water partition coefficient (Wildman–Crippen LogP) is 0.975. The maximum Gasteiger partial charge on any atom is 0.115 e. The molecule has 0 saturated heterocycles. The van der Waals surface area contributed by atoms with E-state index in [0.29, 0.717) is 0 Å². The molecule has 0 fully saturated rings. The van der Waals surface area contributed by atoms with Crippen molar-refractivity contribution in [1.82, 2.24) is 15.3 Å². The normalized spacial score (nSPS) is 14.9. The summed E-state index contributed by atoms with van der Waals surface area (Å²) in [4.78, 5) is 7.88. The van der Waals surface area contributed by atoms with Gasteiger partial charge < -0.3 is 10.4 Å². The molecule has 0 aromatic carbocycles.